The number of nitrogens with zero attached hydrogens (tertiary/aromatic N) is 2. The smallest absolute Gasteiger partial charge is 0.195 e. The topological polar surface area (TPSA) is 17.3 Å². The van der Waals surface area contributed by atoms with E-state index in [2.05, 4.69) is 32.0 Å². The maximum absolute atomic E-state index is 6.02. The van der Waals surface area contributed by atoms with Crippen molar-refractivity contribution >= 4 is 62.1 Å². The maximum atomic E-state index is 6.02. The van der Waals surface area contributed by atoms with Gasteiger partial charge in [0.1, 0.15) is 9.39 Å². The molecule has 3 rings (SSSR count). The normalized spacial score (nSPS) is 11.2. The highest BCUT2D eigenvalue weighted by Gasteiger charge is 2.13. The maximum Gasteiger partial charge on any atom is 0.195 e. The lowest BCUT2D eigenvalue weighted by atomic mass is 10.2. The van der Waals surface area contributed by atoms with Crippen LogP contribution >= 0.6 is 57.1 Å². The number of fused-ring (bicyclic) bond motifs is 1. The zero-order valence-electron chi connectivity index (χ0n) is 8.32. The SMILES string of the molecule is Clc1ccc(-c2nc3sccn3c2I)cc1Cl. The highest BCUT2D eigenvalue weighted by molar-refractivity contribution is 14.1. The lowest BCUT2D eigenvalue weighted by molar-refractivity contribution is 1.19. The Bertz CT molecular complexity index is 705. The summed E-state index contributed by atoms with van der Waals surface area (Å²) in [6, 6.07) is 5.57. The minimum absolute atomic E-state index is 0.552. The number of rotatable bonds is 1. The zero-order chi connectivity index (χ0) is 12.0. The summed E-state index contributed by atoms with van der Waals surface area (Å²) in [6.07, 6.45) is 2.01. The molecular weight excluding hydrogens is 390 g/mol. The third-order valence-corrected chi connectivity index (χ3v) is 4.92. The second kappa shape index (κ2) is 4.42. The van der Waals surface area contributed by atoms with Gasteiger partial charge in [-0.3, -0.25) is 4.40 Å². The highest BCUT2D eigenvalue weighted by atomic mass is 127. The highest BCUT2D eigenvalue weighted by Crippen LogP contribution is 2.31. The van der Waals surface area contributed by atoms with Gasteiger partial charge in [-0.1, -0.05) is 29.3 Å². The molecule has 0 bridgehead atoms. The average Bonchev–Trinajstić information content (AvgIpc) is 2.86. The molecule has 0 saturated heterocycles. The van der Waals surface area contributed by atoms with Crippen LogP contribution in [0.25, 0.3) is 16.2 Å². The molecule has 0 aliphatic heterocycles. The Morgan fingerprint density at radius 1 is 1.24 bits per heavy atom. The third-order valence-electron chi connectivity index (χ3n) is 2.40. The fraction of sp³-hybridized carbons (Fsp3) is 0. The third kappa shape index (κ3) is 1.97. The molecule has 6 heteroatoms. The predicted octanol–water partition coefficient (Wildman–Crippen LogP) is 4.97. The van der Waals surface area contributed by atoms with Crippen LogP contribution in [0.3, 0.4) is 0 Å². The van der Waals surface area contributed by atoms with Crippen LogP contribution in [-0.2, 0) is 0 Å². The van der Waals surface area contributed by atoms with Crippen molar-refractivity contribution in [1.82, 2.24) is 9.38 Å². The molecule has 0 aliphatic carbocycles. The quantitative estimate of drug-likeness (QED) is 0.532. The summed E-state index contributed by atoms with van der Waals surface area (Å²) in [6.45, 7) is 0. The van der Waals surface area contributed by atoms with Crippen molar-refractivity contribution in [3.8, 4) is 11.3 Å². The largest absolute Gasteiger partial charge is 0.285 e. The second-order valence-electron chi connectivity index (χ2n) is 3.44. The molecule has 2 aromatic heterocycles. The monoisotopic (exact) mass is 394 g/mol. The lowest BCUT2D eigenvalue weighted by Gasteiger charge is -2.00. The van der Waals surface area contributed by atoms with E-state index in [1.54, 1.807) is 17.4 Å². The molecule has 0 saturated carbocycles. The van der Waals surface area contributed by atoms with Crippen molar-refractivity contribution in [2.45, 2.75) is 0 Å². The van der Waals surface area contributed by atoms with Gasteiger partial charge in [-0.2, -0.15) is 0 Å². The Labute approximate surface area is 125 Å². The van der Waals surface area contributed by atoms with Crippen molar-refractivity contribution in [2.24, 2.45) is 0 Å². The van der Waals surface area contributed by atoms with Crippen LogP contribution < -0.4 is 0 Å². The van der Waals surface area contributed by atoms with Gasteiger partial charge >= 0.3 is 0 Å². The molecule has 3 aromatic rings. The van der Waals surface area contributed by atoms with Crippen molar-refractivity contribution in [3.05, 3.63) is 43.5 Å². The minimum atomic E-state index is 0.552. The van der Waals surface area contributed by atoms with E-state index < -0.39 is 0 Å². The first-order valence-electron chi connectivity index (χ1n) is 4.73. The van der Waals surface area contributed by atoms with Crippen LogP contribution in [0.5, 0.6) is 0 Å². The second-order valence-corrected chi connectivity index (χ2v) is 6.14. The summed E-state index contributed by atoms with van der Waals surface area (Å²) < 4.78 is 3.14. The number of hydrogen-bond acceptors (Lipinski definition) is 2. The predicted molar refractivity (Wildman–Crippen MR) is 81.2 cm³/mol. The molecule has 2 nitrogen and oxygen atoms in total. The molecule has 0 amide bonds. The Kier molecular flexibility index (Phi) is 3.06. The summed E-state index contributed by atoms with van der Waals surface area (Å²) in [7, 11) is 0. The van der Waals surface area contributed by atoms with Crippen molar-refractivity contribution in [2.75, 3.05) is 0 Å². The number of hydrogen-bond donors (Lipinski definition) is 0. The van der Waals surface area contributed by atoms with Crippen molar-refractivity contribution in [1.29, 1.82) is 0 Å². The van der Waals surface area contributed by atoms with E-state index in [0.29, 0.717) is 10.0 Å². The van der Waals surface area contributed by atoms with E-state index in [9.17, 15) is 0 Å². The van der Waals surface area contributed by atoms with Gasteiger partial charge in [-0.15, -0.1) is 11.3 Å². The molecular formula is C11H5Cl2IN2S. The molecule has 0 unspecified atom stereocenters. The fourth-order valence-corrected chi connectivity index (χ4v) is 3.58. The Morgan fingerprint density at radius 3 is 2.76 bits per heavy atom. The number of imidazole rings is 1. The van der Waals surface area contributed by atoms with E-state index in [1.165, 1.54) is 0 Å². The van der Waals surface area contributed by atoms with Crippen LogP contribution in [0.4, 0.5) is 0 Å². The van der Waals surface area contributed by atoms with Crippen LogP contribution in [0.2, 0.25) is 10.0 Å². The van der Waals surface area contributed by atoms with Gasteiger partial charge in [-0.25, -0.2) is 4.98 Å². The molecule has 0 N–H and O–H groups in total. The number of halogens is 3. The van der Waals surface area contributed by atoms with Gasteiger partial charge in [0.25, 0.3) is 0 Å². The molecule has 0 aliphatic rings. The Balaban J connectivity index is 2.22. The summed E-state index contributed by atoms with van der Waals surface area (Å²) in [5.41, 5.74) is 1.93. The Morgan fingerprint density at radius 2 is 2.06 bits per heavy atom. The standard InChI is InChI=1S/C11H5Cl2IN2S/c12-7-2-1-6(5-8(7)13)9-10(14)16-3-4-17-11(16)15-9/h1-5H. The first-order valence-corrected chi connectivity index (χ1v) is 7.45. The molecule has 17 heavy (non-hydrogen) atoms. The molecule has 86 valence electrons. The van der Waals surface area contributed by atoms with Gasteiger partial charge < -0.3 is 0 Å². The molecule has 2 heterocycles. The first-order chi connectivity index (χ1) is 8.16. The van der Waals surface area contributed by atoms with E-state index >= 15 is 0 Å². The first kappa shape index (κ1) is 11.8. The molecule has 1 aromatic carbocycles. The van der Waals surface area contributed by atoms with E-state index in [1.807, 2.05) is 23.7 Å². The lowest BCUT2D eigenvalue weighted by Crippen LogP contribution is -1.84. The van der Waals surface area contributed by atoms with Crippen LogP contribution in [0, 0.1) is 3.70 Å². The minimum Gasteiger partial charge on any atom is -0.285 e. The van der Waals surface area contributed by atoms with Gasteiger partial charge in [-0.05, 0) is 34.7 Å². The average molecular weight is 395 g/mol. The van der Waals surface area contributed by atoms with E-state index in [4.69, 9.17) is 23.2 Å². The molecule has 0 fully saturated rings. The van der Waals surface area contributed by atoms with Gasteiger partial charge in [0.05, 0.1) is 10.0 Å². The van der Waals surface area contributed by atoms with Gasteiger partial charge in [0, 0.05) is 17.1 Å². The molecule has 0 spiro atoms. The summed E-state index contributed by atoms with van der Waals surface area (Å²) in [4.78, 5) is 5.57. The van der Waals surface area contributed by atoms with Crippen LogP contribution in [-0.4, -0.2) is 9.38 Å². The number of benzene rings is 1. The fourth-order valence-electron chi connectivity index (χ4n) is 1.59. The van der Waals surface area contributed by atoms with E-state index in [-0.39, 0.29) is 0 Å². The van der Waals surface area contributed by atoms with Gasteiger partial charge in [0.2, 0.25) is 0 Å². The van der Waals surface area contributed by atoms with Gasteiger partial charge in [0.15, 0.2) is 4.96 Å². The molecule has 0 radical (unpaired) electrons. The summed E-state index contributed by atoms with van der Waals surface area (Å²) >= 11 is 15.8. The Hall–Kier alpha value is -0.300. The van der Waals surface area contributed by atoms with E-state index in [0.717, 1.165) is 19.9 Å². The number of aromatic nitrogens is 2. The zero-order valence-corrected chi connectivity index (χ0v) is 12.8. The number of thiazole rings is 1. The summed E-state index contributed by atoms with van der Waals surface area (Å²) in [5, 5.41) is 3.13. The van der Waals surface area contributed by atoms with Crippen molar-refractivity contribution in [3.63, 3.8) is 0 Å². The van der Waals surface area contributed by atoms with Crippen LogP contribution in [0.1, 0.15) is 0 Å². The van der Waals surface area contributed by atoms with Crippen molar-refractivity contribution < 1.29 is 0 Å². The summed E-state index contributed by atoms with van der Waals surface area (Å²) in [5.74, 6) is 0. The molecule has 0 atom stereocenters. The van der Waals surface area contributed by atoms with Crippen LogP contribution in [0.15, 0.2) is 29.8 Å².